The highest BCUT2D eigenvalue weighted by Crippen LogP contribution is 2.28. The zero-order valence-electron chi connectivity index (χ0n) is 14.5. The van der Waals surface area contributed by atoms with Gasteiger partial charge in [0.1, 0.15) is 11.3 Å². The molecule has 0 bridgehead atoms. The van der Waals surface area contributed by atoms with Crippen LogP contribution in [0.2, 0.25) is 0 Å². The molecule has 120 valence electrons. The first kappa shape index (κ1) is 15.5. The van der Waals surface area contributed by atoms with Gasteiger partial charge in [0.2, 0.25) is 0 Å². The summed E-state index contributed by atoms with van der Waals surface area (Å²) in [6, 6.07) is 5.25. The Kier molecular flexibility index (Phi) is 3.98. The largest absolute Gasteiger partial charge is 0.311 e. The van der Waals surface area contributed by atoms with Gasteiger partial charge >= 0.3 is 0 Å². The van der Waals surface area contributed by atoms with Crippen LogP contribution in [-0.4, -0.2) is 38.1 Å². The van der Waals surface area contributed by atoms with Gasteiger partial charge in [0.25, 0.3) is 0 Å². The molecular formula is C18H28N4. The van der Waals surface area contributed by atoms with Gasteiger partial charge in [-0.1, -0.05) is 20.8 Å². The second kappa shape index (κ2) is 5.65. The number of hydrogen-bond donors (Lipinski definition) is 0. The quantitative estimate of drug-likeness (QED) is 0.868. The van der Waals surface area contributed by atoms with Gasteiger partial charge in [0, 0.05) is 30.2 Å². The van der Waals surface area contributed by atoms with Crippen molar-refractivity contribution in [3.05, 3.63) is 24.2 Å². The average molecular weight is 300 g/mol. The van der Waals surface area contributed by atoms with Crippen LogP contribution in [0.3, 0.4) is 0 Å². The molecule has 1 aliphatic rings. The van der Waals surface area contributed by atoms with Gasteiger partial charge in [0.15, 0.2) is 5.65 Å². The van der Waals surface area contributed by atoms with Gasteiger partial charge < -0.3 is 4.57 Å². The Morgan fingerprint density at radius 1 is 1.32 bits per heavy atom. The smallest absolute Gasteiger partial charge is 0.160 e. The lowest BCUT2D eigenvalue weighted by Gasteiger charge is -2.30. The minimum absolute atomic E-state index is 0.0297. The number of nitrogens with zero attached hydrogens (tertiary/aromatic N) is 4. The maximum absolute atomic E-state index is 4.88. The number of rotatable bonds is 3. The first-order valence-electron chi connectivity index (χ1n) is 8.45. The third-order valence-corrected chi connectivity index (χ3v) is 4.65. The molecule has 0 N–H and O–H groups in total. The first-order valence-corrected chi connectivity index (χ1v) is 8.45. The maximum atomic E-state index is 4.88. The van der Waals surface area contributed by atoms with Gasteiger partial charge in [-0.25, -0.2) is 9.97 Å². The second-order valence-electron chi connectivity index (χ2n) is 7.77. The van der Waals surface area contributed by atoms with E-state index in [1.807, 2.05) is 12.3 Å². The van der Waals surface area contributed by atoms with Gasteiger partial charge in [-0.3, -0.25) is 4.90 Å². The van der Waals surface area contributed by atoms with E-state index in [4.69, 9.17) is 4.98 Å². The SMILES string of the molecule is CC(C)N1CCCC1Cn1c(C(C)(C)C)nc2cccnc21. The van der Waals surface area contributed by atoms with E-state index in [9.17, 15) is 0 Å². The highest BCUT2D eigenvalue weighted by Gasteiger charge is 2.30. The van der Waals surface area contributed by atoms with E-state index < -0.39 is 0 Å². The van der Waals surface area contributed by atoms with Crippen molar-refractivity contribution in [2.24, 2.45) is 0 Å². The molecule has 1 aliphatic heterocycles. The monoisotopic (exact) mass is 300 g/mol. The fraction of sp³-hybridized carbons (Fsp3) is 0.667. The topological polar surface area (TPSA) is 34.0 Å². The minimum atomic E-state index is 0.0297. The summed E-state index contributed by atoms with van der Waals surface area (Å²) in [5, 5.41) is 0. The molecule has 2 aromatic heterocycles. The van der Waals surface area contributed by atoms with Crippen molar-refractivity contribution in [3.63, 3.8) is 0 Å². The van der Waals surface area contributed by atoms with E-state index in [1.165, 1.54) is 19.4 Å². The summed E-state index contributed by atoms with van der Waals surface area (Å²) in [5.74, 6) is 1.15. The Balaban J connectivity index is 2.02. The van der Waals surface area contributed by atoms with Crippen LogP contribution >= 0.6 is 0 Å². The predicted molar refractivity (Wildman–Crippen MR) is 91.1 cm³/mol. The van der Waals surface area contributed by atoms with Crippen molar-refractivity contribution in [1.82, 2.24) is 19.4 Å². The summed E-state index contributed by atoms with van der Waals surface area (Å²) >= 11 is 0. The van der Waals surface area contributed by atoms with E-state index >= 15 is 0 Å². The molecule has 1 saturated heterocycles. The lowest BCUT2D eigenvalue weighted by atomic mass is 9.95. The number of likely N-dealkylation sites (tertiary alicyclic amines) is 1. The van der Waals surface area contributed by atoms with Gasteiger partial charge in [-0.2, -0.15) is 0 Å². The normalized spacial score (nSPS) is 20.4. The van der Waals surface area contributed by atoms with Crippen molar-refractivity contribution in [2.45, 2.75) is 71.5 Å². The highest BCUT2D eigenvalue weighted by molar-refractivity contribution is 5.71. The van der Waals surface area contributed by atoms with Crippen LogP contribution in [0.25, 0.3) is 11.2 Å². The van der Waals surface area contributed by atoms with E-state index in [-0.39, 0.29) is 5.41 Å². The van der Waals surface area contributed by atoms with Crippen LogP contribution in [0.5, 0.6) is 0 Å². The highest BCUT2D eigenvalue weighted by atomic mass is 15.2. The predicted octanol–water partition coefficient (Wildman–Crippen LogP) is 3.60. The van der Waals surface area contributed by atoms with Crippen LogP contribution in [0.1, 0.15) is 53.3 Å². The molecule has 4 nitrogen and oxygen atoms in total. The molecule has 0 aromatic carbocycles. The summed E-state index contributed by atoms with van der Waals surface area (Å²) in [4.78, 5) is 12.1. The maximum Gasteiger partial charge on any atom is 0.160 e. The van der Waals surface area contributed by atoms with Gasteiger partial charge in [0.05, 0.1) is 0 Å². The number of aromatic nitrogens is 3. The molecule has 0 spiro atoms. The summed E-state index contributed by atoms with van der Waals surface area (Å²) in [5.41, 5.74) is 2.08. The molecule has 22 heavy (non-hydrogen) atoms. The minimum Gasteiger partial charge on any atom is -0.311 e. The van der Waals surface area contributed by atoms with Gasteiger partial charge in [-0.05, 0) is 45.4 Å². The Bertz CT molecular complexity index is 651. The molecule has 0 saturated carbocycles. The van der Waals surface area contributed by atoms with Crippen LogP contribution in [0.4, 0.5) is 0 Å². The Hall–Kier alpha value is -1.42. The Labute approximate surface area is 133 Å². The van der Waals surface area contributed by atoms with Crippen LogP contribution in [0.15, 0.2) is 18.3 Å². The van der Waals surface area contributed by atoms with Crippen molar-refractivity contribution >= 4 is 11.2 Å². The van der Waals surface area contributed by atoms with Gasteiger partial charge in [-0.15, -0.1) is 0 Å². The van der Waals surface area contributed by atoms with Crippen LogP contribution in [-0.2, 0) is 12.0 Å². The number of fused-ring (bicyclic) bond motifs is 1. The summed E-state index contributed by atoms with van der Waals surface area (Å²) in [6.07, 6.45) is 4.45. The lowest BCUT2D eigenvalue weighted by molar-refractivity contribution is 0.186. The van der Waals surface area contributed by atoms with Crippen LogP contribution in [0, 0.1) is 0 Å². The molecule has 0 amide bonds. The number of hydrogen-bond acceptors (Lipinski definition) is 3. The Morgan fingerprint density at radius 3 is 2.77 bits per heavy atom. The fourth-order valence-electron chi connectivity index (χ4n) is 3.65. The molecule has 0 aliphatic carbocycles. The van der Waals surface area contributed by atoms with Crippen molar-refractivity contribution in [3.8, 4) is 0 Å². The molecule has 3 heterocycles. The molecule has 3 rings (SSSR count). The number of pyridine rings is 1. The lowest BCUT2D eigenvalue weighted by Crippen LogP contribution is -2.38. The molecule has 2 aromatic rings. The zero-order chi connectivity index (χ0) is 15.9. The van der Waals surface area contributed by atoms with Crippen molar-refractivity contribution < 1.29 is 0 Å². The Morgan fingerprint density at radius 2 is 2.09 bits per heavy atom. The molecule has 4 heteroatoms. The van der Waals surface area contributed by atoms with Crippen LogP contribution < -0.4 is 0 Å². The van der Waals surface area contributed by atoms with E-state index in [0.717, 1.165) is 23.5 Å². The van der Waals surface area contributed by atoms with E-state index in [0.29, 0.717) is 12.1 Å². The summed E-state index contributed by atoms with van der Waals surface area (Å²) in [7, 11) is 0. The standard InChI is InChI=1S/C18H28N4/c1-13(2)21-11-7-8-14(21)12-22-16-15(9-6-10-19-16)20-17(22)18(3,4)5/h6,9-10,13-14H,7-8,11-12H2,1-5H3. The molecule has 1 fully saturated rings. The molecule has 1 unspecified atom stereocenters. The third-order valence-electron chi connectivity index (χ3n) is 4.65. The van der Waals surface area contributed by atoms with Crippen molar-refractivity contribution in [2.75, 3.05) is 6.54 Å². The van der Waals surface area contributed by atoms with E-state index in [1.54, 1.807) is 0 Å². The fourth-order valence-corrected chi connectivity index (χ4v) is 3.65. The second-order valence-corrected chi connectivity index (χ2v) is 7.77. The average Bonchev–Trinajstić information content (AvgIpc) is 3.04. The summed E-state index contributed by atoms with van der Waals surface area (Å²) < 4.78 is 2.36. The number of imidazole rings is 1. The molecular weight excluding hydrogens is 272 g/mol. The third kappa shape index (κ3) is 2.76. The summed E-state index contributed by atoms with van der Waals surface area (Å²) in [6.45, 7) is 13.5. The van der Waals surface area contributed by atoms with E-state index in [2.05, 4.69) is 55.1 Å². The molecule has 0 radical (unpaired) electrons. The van der Waals surface area contributed by atoms with Crippen molar-refractivity contribution in [1.29, 1.82) is 0 Å². The molecule has 1 atom stereocenters. The zero-order valence-corrected chi connectivity index (χ0v) is 14.5. The first-order chi connectivity index (χ1) is 10.4.